The molecule has 1 unspecified atom stereocenters. The van der Waals surface area contributed by atoms with E-state index in [2.05, 4.69) is 59.0 Å². The summed E-state index contributed by atoms with van der Waals surface area (Å²) in [5.74, 6) is 0. The third-order valence-corrected chi connectivity index (χ3v) is 4.39. The zero-order valence-corrected chi connectivity index (χ0v) is 11.7. The van der Waals surface area contributed by atoms with Gasteiger partial charge in [0.2, 0.25) is 0 Å². The molecule has 0 aliphatic heterocycles. The van der Waals surface area contributed by atoms with Crippen LogP contribution in [0.1, 0.15) is 23.4 Å². The topological polar surface area (TPSA) is 24.9 Å². The average Bonchev–Trinajstić information content (AvgIpc) is 2.99. The van der Waals surface area contributed by atoms with Crippen molar-refractivity contribution in [3.8, 4) is 0 Å². The van der Waals surface area contributed by atoms with Crippen LogP contribution in [0.25, 0.3) is 10.8 Å². The van der Waals surface area contributed by atoms with Gasteiger partial charge < -0.3 is 5.32 Å². The van der Waals surface area contributed by atoms with Crippen LogP contribution in [0.4, 0.5) is 0 Å². The Balaban J connectivity index is 1.79. The molecular weight excluding hydrogens is 252 g/mol. The quantitative estimate of drug-likeness (QED) is 0.769. The summed E-state index contributed by atoms with van der Waals surface area (Å²) in [6.45, 7) is 3.08. The van der Waals surface area contributed by atoms with Crippen LogP contribution in [0.15, 0.2) is 54.2 Å². The van der Waals surface area contributed by atoms with Crippen molar-refractivity contribution in [2.45, 2.75) is 19.5 Å². The highest BCUT2D eigenvalue weighted by Crippen LogP contribution is 2.21. The first kappa shape index (κ1) is 12.3. The lowest BCUT2D eigenvalue weighted by atomic mass is 10.1. The zero-order chi connectivity index (χ0) is 13.1. The number of rotatable bonds is 4. The summed E-state index contributed by atoms with van der Waals surface area (Å²) < 4.78 is 0. The maximum Gasteiger partial charge on any atom is 0.0388 e. The van der Waals surface area contributed by atoms with E-state index in [1.54, 1.807) is 11.3 Å². The second kappa shape index (κ2) is 5.51. The van der Waals surface area contributed by atoms with E-state index < -0.39 is 0 Å². The Kier molecular flexibility index (Phi) is 3.58. The van der Waals surface area contributed by atoms with Gasteiger partial charge in [-0.05, 0) is 35.4 Å². The first-order valence-corrected chi connectivity index (χ1v) is 7.31. The maximum absolute atomic E-state index is 4.17. The standard InChI is InChI=1S/C16H16N2S/c1-12(16-6-3-9-19-16)18-11-14-5-2-4-13-10-17-8-7-15(13)14/h2-10,12,18H,11H2,1H3. The minimum atomic E-state index is 0.386. The Morgan fingerprint density at radius 2 is 2.16 bits per heavy atom. The van der Waals surface area contributed by atoms with E-state index in [-0.39, 0.29) is 0 Å². The van der Waals surface area contributed by atoms with Crippen molar-refractivity contribution in [1.29, 1.82) is 0 Å². The molecule has 19 heavy (non-hydrogen) atoms. The van der Waals surface area contributed by atoms with E-state index in [0.29, 0.717) is 6.04 Å². The van der Waals surface area contributed by atoms with Gasteiger partial charge in [-0.15, -0.1) is 11.3 Å². The van der Waals surface area contributed by atoms with Gasteiger partial charge in [0.15, 0.2) is 0 Å². The summed E-state index contributed by atoms with van der Waals surface area (Å²) in [5, 5.41) is 8.19. The Morgan fingerprint density at radius 1 is 1.21 bits per heavy atom. The largest absolute Gasteiger partial charge is 0.305 e. The van der Waals surface area contributed by atoms with E-state index in [4.69, 9.17) is 0 Å². The van der Waals surface area contributed by atoms with Gasteiger partial charge in [0.1, 0.15) is 0 Å². The molecule has 3 rings (SSSR count). The van der Waals surface area contributed by atoms with Gasteiger partial charge in [0, 0.05) is 35.2 Å². The molecule has 3 heteroatoms. The molecule has 1 atom stereocenters. The summed E-state index contributed by atoms with van der Waals surface area (Å²) in [6, 6.07) is 13.1. The molecule has 3 aromatic rings. The normalized spacial score (nSPS) is 12.7. The molecule has 1 aromatic carbocycles. The van der Waals surface area contributed by atoms with Crippen molar-refractivity contribution in [1.82, 2.24) is 10.3 Å². The molecule has 0 fully saturated rings. The second-order valence-corrected chi connectivity index (χ2v) is 5.61. The summed E-state index contributed by atoms with van der Waals surface area (Å²) in [4.78, 5) is 5.55. The van der Waals surface area contributed by atoms with Crippen LogP contribution in [0.2, 0.25) is 0 Å². The van der Waals surface area contributed by atoms with Crippen LogP contribution in [-0.2, 0) is 6.54 Å². The number of pyridine rings is 1. The van der Waals surface area contributed by atoms with E-state index in [1.165, 1.54) is 21.2 Å². The van der Waals surface area contributed by atoms with Gasteiger partial charge in [-0.25, -0.2) is 0 Å². The van der Waals surface area contributed by atoms with Gasteiger partial charge in [-0.3, -0.25) is 4.98 Å². The first-order valence-electron chi connectivity index (χ1n) is 6.43. The number of thiophene rings is 1. The maximum atomic E-state index is 4.17. The molecule has 96 valence electrons. The van der Waals surface area contributed by atoms with Crippen molar-refractivity contribution in [3.63, 3.8) is 0 Å². The third kappa shape index (κ3) is 2.67. The molecule has 0 spiro atoms. The third-order valence-electron chi connectivity index (χ3n) is 3.34. The zero-order valence-electron chi connectivity index (χ0n) is 10.8. The number of nitrogens with one attached hydrogen (secondary N) is 1. The van der Waals surface area contributed by atoms with Crippen LogP contribution in [0, 0.1) is 0 Å². The van der Waals surface area contributed by atoms with Gasteiger partial charge in [-0.2, -0.15) is 0 Å². The van der Waals surface area contributed by atoms with Gasteiger partial charge in [0.05, 0.1) is 0 Å². The fraction of sp³-hybridized carbons (Fsp3) is 0.188. The number of hydrogen-bond acceptors (Lipinski definition) is 3. The van der Waals surface area contributed by atoms with Crippen molar-refractivity contribution >= 4 is 22.1 Å². The molecule has 0 aliphatic rings. The minimum Gasteiger partial charge on any atom is -0.305 e. The van der Waals surface area contributed by atoms with E-state index in [0.717, 1.165) is 6.54 Å². The van der Waals surface area contributed by atoms with Gasteiger partial charge in [-0.1, -0.05) is 24.3 Å². The van der Waals surface area contributed by atoms with E-state index in [9.17, 15) is 0 Å². The molecule has 0 saturated heterocycles. The number of hydrogen-bond donors (Lipinski definition) is 1. The summed E-state index contributed by atoms with van der Waals surface area (Å²) >= 11 is 1.80. The van der Waals surface area contributed by atoms with Gasteiger partial charge >= 0.3 is 0 Å². The monoisotopic (exact) mass is 268 g/mol. The number of benzene rings is 1. The first-order chi connectivity index (χ1) is 9.34. The van der Waals surface area contributed by atoms with Crippen molar-refractivity contribution in [2.24, 2.45) is 0 Å². The smallest absolute Gasteiger partial charge is 0.0388 e. The van der Waals surface area contributed by atoms with Crippen molar-refractivity contribution < 1.29 is 0 Å². The highest BCUT2D eigenvalue weighted by molar-refractivity contribution is 7.10. The predicted molar refractivity (Wildman–Crippen MR) is 81.3 cm³/mol. The molecular formula is C16H16N2S. The lowest BCUT2D eigenvalue weighted by molar-refractivity contribution is 0.585. The highest BCUT2D eigenvalue weighted by Gasteiger charge is 2.06. The molecule has 0 aliphatic carbocycles. The summed E-state index contributed by atoms with van der Waals surface area (Å²) in [6.07, 6.45) is 3.77. The van der Waals surface area contributed by atoms with E-state index in [1.807, 2.05) is 12.4 Å². The molecule has 1 N–H and O–H groups in total. The SMILES string of the molecule is CC(NCc1cccc2cnccc12)c1cccs1. The Bertz CT molecular complexity index is 656. The van der Waals surface area contributed by atoms with Crippen molar-refractivity contribution in [3.05, 3.63) is 64.6 Å². The number of nitrogens with zero attached hydrogens (tertiary/aromatic N) is 1. The Hall–Kier alpha value is -1.71. The predicted octanol–water partition coefficient (Wildman–Crippen LogP) is 4.15. The average molecular weight is 268 g/mol. The molecule has 2 nitrogen and oxygen atoms in total. The molecule has 0 bridgehead atoms. The fourth-order valence-corrected chi connectivity index (χ4v) is 3.00. The highest BCUT2D eigenvalue weighted by atomic mass is 32.1. The van der Waals surface area contributed by atoms with Crippen LogP contribution < -0.4 is 5.32 Å². The van der Waals surface area contributed by atoms with Crippen LogP contribution in [0.5, 0.6) is 0 Å². The molecule has 2 aromatic heterocycles. The summed E-state index contributed by atoms with van der Waals surface area (Å²) in [5.41, 5.74) is 1.32. The van der Waals surface area contributed by atoms with Gasteiger partial charge in [0.25, 0.3) is 0 Å². The Labute approximate surface area is 117 Å². The second-order valence-electron chi connectivity index (χ2n) is 4.63. The van der Waals surface area contributed by atoms with Crippen LogP contribution in [-0.4, -0.2) is 4.98 Å². The van der Waals surface area contributed by atoms with Crippen molar-refractivity contribution in [2.75, 3.05) is 0 Å². The number of fused-ring (bicyclic) bond motifs is 1. The number of aromatic nitrogens is 1. The summed E-state index contributed by atoms with van der Waals surface area (Å²) in [7, 11) is 0. The fourth-order valence-electron chi connectivity index (χ4n) is 2.25. The molecule has 0 amide bonds. The minimum absolute atomic E-state index is 0.386. The lowest BCUT2D eigenvalue weighted by Gasteiger charge is -2.13. The van der Waals surface area contributed by atoms with Crippen LogP contribution in [0.3, 0.4) is 0 Å². The molecule has 0 radical (unpaired) electrons. The molecule has 2 heterocycles. The Morgan fingerprint density at radius 3 is 3.00 bits per heavy atom. The van der Waals surface area contributed by atoms with E-state index >= 15 is 0 Å². The van der Waals surface area contributed by atoms with Crippen LogP contribution >= 0.6 is 11.3 Å². The lowest BCUT2D eigenvalue weighted by Crippen LogP contribution is -2.17. The molecule has 0 saturated carbocycles.